The number of rotatable bonds is 6. The van der Waals surface area contributed by atoms with Crippen LogP contribution in [0.5, 0.6) is 0 Å². The van der Waals surface area contributed by atoms with Crippen molar-refractivity contribution in [2.75, 3.05) is 12.9 Å². The lowest BCUT2D eigenvalue weighted by Gasteiger charge is -2.32. The fraction of sp³-hybridized carbons (Fsp3) is 0.316. The van der Waals surface area contributed by atoms with E-state index < -0.39 is 5.41 Å². The van der Waals surface area contributed by atoms with Gasteiger partial charge in [0.25, 0.3) is 0 Å². The summed E-state index contributed by atoms with van der Waals surface area (Å²) in [6.45, 7) is 3.92. The molecule has 2 aromatic rings. The van der Waals surface area contributed by atoms with Crippen molar-refractivity contribution in [3.8, 4) is 0 Å². The Labute approximate surface area is 136 Å². The average molecular weight is 314 g/mol. The second-order valence-electron chi connectivity index (χ2n) is 5.80. The molecular weight excluding hydrogens is 292 g/mol. The molecule has 3 heteroatoms. The second kappa shape index (κ2) is 7.50. The number of hydrogen-bond acceptors (Lipinski definition) is 3. The van der Waals surface area contributed by atoms with Crippen molar-refractivity contribution in [3.05, 3.63) is 66.2 Å². The lowest BCUT2D eigenvalue weighted by molar-refractivity contribution is -0.151. The first-order valence-corrected chi connectivity index (χ1v) is 8.35. The molecule has 0 aliphatic carbocycles. The number of methoxy groups -OCH3 is 1. The first-order chi connectivity index (χ1) is 10.6. The minimum absolute atomic E-state index is 0.0892. The minimum atomic E-state index is -0.572. The fourth-order valence-electron chi connectivity index (χ4n) is 2.51. The summed E-state index contributed by atoms with van der Waals surface area (Å²) in [6, 6.07) is 20.5. The molecule has 1 unspecified atom stereocenters. The molecule has 2 nitrogen and oxygen atoms in total. The normalized spacial score (nSPS) is 12.7. The first-order valence-electron chi connectivity index (χ1n) is 7.37. The van der Waals surface area contributed by atoms with Gasteiger partial charge in [-0.05, 0) is 31.5 Å². The van der Waals surface area contributed by atoms with Crippen LogP contribution in [0, 0.1) is 5.41 Å². The van der Waals surface area contributed by atoms with E-state index in [0.29, 0.717) is 0 Å². The van der Waals surface area contributed by atoms with Crippen LogP contribution in [0.3, 0.4) is 0 Å². The quantitative estimate of drug-likeness (QED) is 0.568. The molecule has 0 radical (unpaired) electrons. The standard InChI is InChI=1S/C19H22O2S/c1-19(2,18(20)21-3)17(15-10-6-4-7-11-15)14-22-16-12-8-5-9-13-16/h4-13,17H,14H2,1-3H3. The Morgan fingerprint density at radius 2 is 1.59 bits per heavy atom. The molecule has 1 atom stereocenters. The lowest BCUT2D eigenvalue weighted by Crippen LogP contribution is -2.34. The van der Waals surface area contributed by atoms with Crippen molar-refractivity contribution in [2.45, 2.75) is 24.7 Å². The molecule has 2 aromatic carbocycles. The lowest BCUT2D eigenvalue weighted by atomic mass is 9.76. The number of benzene rings is 2. The molecule has 0 spiro atoms. The van der Waals surface area contributed by atoms with Gasteiger partial charge in [-0.25, -0.2) is 0 Å². The zero-order chi connectivity index (χ0) is 16.0. The van der Waals surface area contributed by atoms with E-state index in [1.807, 2.05) is 50.2 Å². The molecule has 0 aromatic heterocycles. The average Bonchev–Trinajstić information content (AvgIpc) is 2.56. The SMILES string of the molecule is COC(=O)C(C)(C)C(CSc1ccccc1)c1ccccc1. The topological polar surface area (TPSA) is 26.3 Å². The highest BCUT2D eigenvalue weighted by Gasteiger charge is 2.38. The summed E-state index contributed by atoms with van der Waals surface area (Å²) in [5, 5.41) is 0. The predicted molar refractivity (Wildman–Crippen MR) is 92.1 cm³/mol. The number of thioether (sulfide) groups is 1. The van der Waals surface area contributed by atoms with Gasteiger partial charge in [0, 0.05) is 16.6 Å². The summed E-state index contributed by atoms with van der Waals surface area (Å²) < 4.78 is 5.02. The van der Waals surface area contributed by atoms with Crippen LogP contribution in [-0.2, 0) is 9.53 Å². The van der Waals surface area contributed by atoms with E-state index in [1.165, 1.54) is 17.6 Å². The van der Waals surface area contributed by atoms with Gasteiger partial charge in [0.05, 0.1) is 12.5 Å². The molecular formula is C19H22O2S. The molecule has 2 rings (SSSR count). The third kappa shape index (κ3) is 3.92. The molecule has 0 saturated heterocycles. The summed E-state index contributed by atoms with van der Waals surface area (Å²) >= 11 is 1.77. The van der Waals surface area contributed by atoms with Gasteiger partial charge in [-0.2, -0.15) is 0 Å². The van der Waals surface area contributed by atoms with E-state index in [0.717, 1.165) is 5.75 Å². The number of hydrogen-bond donors (Lipinski definition) is 0. The maximum absolute atomic E-state index is 12.2. The third-order valence-electron chi connectivity index (χ3n) is 3.94. The summed E-state index contributed by atoms with van der Waals surface area (Å²) in [4.78, 5) is 13.4. The maximum atomic E-state index is 12.2. The van der Waals surface area contributed by atoms with Gasteiger partial charge in [-0.15, -0.1) is 11.8 Å². The number of carbonyl (C=O) groups is 1. The molecule has 22 heavy (non-hydrogen) atoms. The highest BCUT2D eigenvalue weighted by Crippen LogP contribution is 2.40. The van der Waals surface area contributed by atoms with Crippen LogP contribution in [-0.4, -0.2) is 18.8 Å². The Kier molecular flexibility index (Phi) is 5.67. The number of ether oxygens (including phenoxy) is 1. The van der Waals surface area contributed by atoms with Gasteiger partial charge in [0.2, 0.25) is 0 Å². The van der Waals surface area contributed by atoms with E-state index in [2.05, 4.69) is 24.3 Å². The number of carbonyl (C=O) groups excluding carboxylic acids is 1. The first kappa shape index (κ1) is 16.6. The molecule has 0 aliphatic rings. The highest BCUT2D eigenvalue weighted by molar-refractivity contribution is 7.99. The van der Waals surface area contributed by atoms with Crippen molar-refractivity contribution in [2.24, 2.45) is 5.41 Å². The Balaban J connectivity index is 2.24. The van der Waals surface area contributed by atoms with Crippen LogP contribution in [0.2, 0.25) is 0 Å². The van der Waals surface area contributed by atoms with Gasteiger partial charge in [0.15, 0.2) is 0 Å². The fourth-order valence-corrected chi connectivity index (χ4v) is 3.83. The molecule has 0 amide bonds. The minimum Gasteiger partial charge on any atom is -0.469 e. The molecule has 0 heterocycles. The summed E-state index contributed by atoms with van der Waals surface area (Å²) in [7, 11) is 1.45. The predicted octanol–water partition coefficient (Wildman–Crippen LogP) is 4.76. The zero-order valence-electron chi connectivity index (χ0n) is 13.3. The molecule has 0 aliphatic heterocycles. The van der Waals surface area contributed by atoms with Crippen LogP contribution in [0.15, 0.2) is 65.6 Å². The Morgan fingerprint density at radius 3 is 2.14 bits per heavy atom. The Morgan fingerprint density at radius 1 is 1.05 bits per heavy atom. The van der Waals surface area contributed by atoms with Crippen LogP contribution < -0.4 is 0 Å². The van der Waals surface area contributed by atoms with Crippen molar-refractivity contribution >= 4 is 17.7 Å². The van der Waals surface area contributed by atoms with E-state index in [4.69, 9.17) is 4.74 Å². The summed E-state index contributed by atoms with van der Waals surface area (Å²) in [5.41, 5.74) is 0.596. The molecule has 0 N–H and O–H groups in total. The van der Waals surface area contributed by atoms with Crippen molar-refractivity contribution < 1.29 is 9.53 Å². The monoisotopic (exact) mass is 314 g/mol. The zero-order valence-corrected chi connectivity index (χ0v) is 14.1. The van der Waals surface area contributed by atoms with Gasteiger partial charge in [-0.1, -0.05) is 48.5 Å². The molecule has 0 bridgehead atoms. The second-order valence-corrected chi connectivity index (χ2v) is 6.89. The summed E-state index contributed by atoms with van der Waals surface area (Å²) in [6.07, 6.45) is 0. The van der Waals surface area contributed by atoms with E-state index in [1.54, 1.807) is 11.8 Å². The van der Waals surface area contributed by atoms with Crippen LogP contribution in [0.1, 0.15) is 25.3 Å². The maximum Gasteiger partial charge on any atom is 0.311 e. The summed E-state index contributed by atoms with van der Waals surface area (Å²) in [5.74, 6) is 0.747. The largest absolute Gasteiger partial charge is 0.469 e. The van der Waals surface area contributed by atoms with Gasteiger partial charge < -0.3 is 4.74 Å². The Hall–Kier alpha value is -1.74. The van der Waals surface area contributed by atoms with Gasteiger partial charge in [0.1, 0.15) is 0 Å². The molecule has 0 fully saturated rings. The number of esters is 1. The van der Waals surface area contributed by atoms with E-state index >= 15 is 0 Å². The van der Waals surface area contributed by atoms with Crippen molar-refractivity contribution in [1.29, 1.82) is 0 Å². The Bertz CT molecular complexity index is 593. The van der Waals surface area contributed by atoms with Crippen molar-refractivity contribution in [3.63, 3.8) is 0 Å². The van der Waals surface area contributed by atoms with Crippen LogP contribution in [0.4, 0.5) is 0 Å². The van der Waals surface area contributed by atoms with E-state index in [9.17, 15) is 4.79 Å². The van der Waals surface area contributed by atoms with Crippen molar-refractivity contribution in [1.82, 2.24) is 0 Å². The third-order valence-corrected chi connectivity index (χ3v) is 5.05. The highest BCUT2D eigenvalue weighted by atomic mass is 32.2. The van der Waals surface area contributed by atoms with E-state index in [-0.39, 0.29) is 11.9 Å². The van der Waals surface area contributed by atoms with Crippen LogP contribution >= 0.6 is 11.8 Å². The smallest absolute Gasteiger partial charge is 0.311 e. The van der Waals surface area contributed by atoms with Gasteiger partial charge in [-0.3, -0.25) is 4.79 Å². The molecule has 0 saturated carbocycles. The van der Waals surface area contributed by atoms with Crippen LogP contribution in [0.25, 0.3) is 0 Å². The molecule has 116 valence electrons. The van der Waals surface area contributed by atoms with Gasteiger partial charge >= 0.3 is 5.97 Å².